The summed E-state index contributed by atoms with van der Waals surface area (Å²) in [7, 11) is 0. The summed E-state index contributed by atoms with van der Waals surface area (Å²) >= 11 is 0.456. The number of nitrogens with zero attached hydrogens (tertiary/aromatic N) is 1. The second-order valence-electron chi connectivity index (χ2n) is 6.55. The van der Waals surface area contributed by atoms with E-state index in [0.29, 0.717) is 35.4 Å². The lowest BCUT2D eigenvalue weighted by atomic mass is 10.1. The molecule has 1 fully saturated rings. The maximum Gasteiger partial charge on any atom is 0.288 e. The monoisotopic (exact) mass is 390 g/mol. The highest BCUT2D eigenvalue weighted by atomic mass is 32.2. The van der Waals surface area contributed by atoms with Gasteiger partial charge in [-0.2, -0.15) is 8.78 Å². The highest BCUT2D eigenvalue weighted by Crippen LogP contribution is 2.27. The lowest BCUT2D eigenvalue weighted by molar-refractivity contribution is -0.128. The summed E-state index contributed by atoms with van der Waals surface area (Å²) in [5.41, 5.74) is 2.71. The summed E-state index contributed by atoms with van der Waals surface area (Å²) < 4.78 is 24.7. The smallest absolute Gasteiger partial charge is 0.288 e. The third-order valence-corrected chi connectivity index (χ3v) is 5.15. The van der Waals surface area contributed by atoms with Gasteiger partial charge in [0.2, 0.25) is 11.8 Å². The van der Waals surface area contributed by atoms with Crippen LogP contribution in [0, 0.1) is 12.8 Å². The first-order valence-corrected chi connectivity index (χ1v) is 9.48. The van der Waals surface area contributed by atoms with Crippen molar-refractivity contribution >= 4 is 29.3 Å². The molecule has 27 heavy (non-hydrogen) atoms. The minimum Gasteiger partial charge on any atom is -0.338 e. The number of thioether (sulfide) groups is 1. The Kier molecular flexibility index (Phi) is 6.11. The maximum atomic E-state index is 12.5. The SMILES string of the molecule is Cc1ccc(CN2CC(C(=O)Nc3ccc(SC(F)F)cc3)CC2=O)cc1. The maximum absolute atomic E-state index is 12.5. The van der Waals surface area contributed by atoms with Crippen molar-refractivity contribution in [2.45, 2.75) is 30.5 Å². The van der Waals surface area contributed by atoms with Gasteiger partial charge in [0, 0.05) is 30.1 Å². The van der Waals surface area contributed by atoms with Gasteiger partial charge < -0.3 is 10.2 Å². The number of carbonyl (C=O) groups is 2. The number of anilines is 1. The number of nitrogens with one attached hydrogen (secondary N) is 1. The first-order valence-electron chi connectivity index (χ1n) is 8.60. The topological polar surface area (TPSA) is 49.4 Å². The van der Waals surface area contributed by atoms with Gasteiger partial charge in [0.05, 0.1) is 5.92 Å². The molecular weight excluding hydrogens is 370 g/mol. The van der Waals surface area contributed by atoms with Gasteiger partial charge in [-0.05, 0) is 36.8 Å². The third-order valence-electron chi connectivity index (χ3n) is 4.43. The van der Waals surface area contributed by atoms with E-state index in [1.807, 2.05) is 31.2 Å². The molecule has 1 heterocycles. The number of hydrogen-bond donors (Lipinski definition) is 1. The zero-order valence-corrected chi connectivity index (χ0v) is 15.6. The largest absolute Gasteiger partial charge is 0.338 e. The van der Waals surface area contributed by atoms with Gasteiger partial charge in [0.25, 0.3) is 5.76 Å². The Balaban J connectivity index is 1.56. The number of aryl methyl sites for hydroxylation is 1. The number of rotatable bonds is 6. The van der Waals surface area contributed by atoms with Crippen molar-refractivity contribution in [2.75, 3.05) is 11.9 Å². The van der Waals surface area contributed by atoms with Crippen LogP contribution in [0.1, 0.15) is 17.5 Å². The number of hydrogen-bond acceptors (Lipinski definition) is 3. The molecule has 1 atom stereocenters. The Morgan fingerprint density at radius 3 is 2.48 bits per heavy atom. The molecule has 0 spiro atoms. The average molecular weight is 390 g/mol. The van der Waals surface area contributed by atoms with E-state index in [1.165, 1.54) is 12.1 Å². The van der Waals surface area contributed by atoms with E-state index in [-0.39, 0.29) is 18.2 Å². The lowest BCUT2D eigenvalue weighted by Crippen LogP contribution is -2.28. The molecule has 142 valence electrons. The first-order chi connectivity index (χ1) is 12.9. The molecule has 1 saturated heterocycles. The lowest BCUT2D eigenvalue weighted by Gasteiger charge is -2.17. The molecular formula is C20H20F2N2O2S. The third kappa shape index (κ3) is 5.29. The zero-order valence-electron chi connectivity index (χ0n) is 14.8. The van der Waals surface area contributed by atoms with Crippen LogP contribution in [-0.4, -0.2) is 29.0 Å². The van der Waals surface area contributed by atoms with Gasteiger partial charge in [0.1, 0.15) is 0 Å². The summed E-state index contributed by atoms with van der Waals surface area (Å²) in [5.74, 6) is -3.17. The predicted molar refractivity (Wildman–Crippen MR) is 102 cm³/mol. The molecule has 3 rings (SSSR count). The fourth-order valence-electron chi connectivity index (χ4n) is 2.98. The van der Waals surface area contributed by atoms with Crippen LogP contribution in [0.15, 0.2) is 53.4 Å². The van der Waals surface area contributed by atoms with Crippen LogP contribution >= 0.6 is 11.8 Å². The standard InChI is InChI=1S/C20H20F2N2O2S/c1-13-2-4-14(5-3-13)11-24-12-15(10-18(24)25)19(26)23-16-6-8-17(9-7-16)27-20(21)22/h2-9,15,20H,10-12H2,1H3,(H,23,26). The van der Waals surface area contributed by atoms with Gasteiger partial charge in [-0.3, -0.25) is 9.59 Å². The van der Waals surface area contributed by atoms with Gasteiger partial charge in [-0.1, -0.05) is 41.6 Å². The van der Waals surface area contributed by atoms with E-state index in [0.717, 1.165) is 11.1 Å². The molecule has 2 aromatic rings. The van der Waals surface area contributed by atoms with Crippen molar-refractivity contribution in [3.63, 3.8) is 0 Å². The van der Waals surface area contributed by atoms with Gasteiger partial charge in [0.15, 0.2) is 0 Å². The molecule has 7 heteroatoms. The molecule has 1 unspecified atom stereocenters. The number of likely N-dealkylation sites (tertiary alicyclic amines) is 1. The van der Waals surface area contributed by atoms with Crippen molar-refractivity contribution in [2.24, 2.45) is 5.92 Å². The van der Waals surface area contributed by atoms with Crippen LogP contribution in [-0.2, 0) is 16.1 Å². The van der Waals surface area contributed by atoms with E-state index < -0.39 is 11.7 Å². The zero-order chi connectivity index (χ0) is 19.4. The Morgan fingerprint density at radius 1 is 1.19 bits per heavy atom. The number of alkyl halides is 2. The van der Waals surface area contributed by atoms with Gasteiger partial charge >= 0.3 is 0 Å². The van der Waals surface area contributed by atoms with Crippen molar-refractivity contribution in [1.29, 1.82) is 0 Å². The molecule has 2 aromatic carbocycles. The summed E-state index contributed by atoms with van der Waals surface area (Å²) in [4.78, 5) is 26.8. The summed E-state index contributed by atoms with van der Waals surface area (Å²) in [6.45, 7) is 2.87. The Labute approximate surface area is 160 Å². The van der Waals surface area contributed by atoms with Gasteiger partial charge in [-0.15, -0.1) is 0 Å². The van der Waals surface area contributed by atoms with Crippen molar-refractivity contribution in [3.8, 4) is 0 Å². The molecule has 0 aliphatic carbocycles. The molecule has 0 aromatic heterocycles. The van der Waals surface area contributed by atoms with Crippen molar-refractivity contribution in [1.82, 2.24) is 4.90 Å². The summed E-state index contributed by atoms with van der Waals surface area (Å²) in [5, 5.41) is 2.76. The summed E-state index contributed by atoms with van der Waals surface area (Å²) in [6.07, 6.45) is 0.178. The first kappa shape index (κ1) is 19.4. The number of carbonyl (C=O) groups excluding carboxylic acids is 2. The normalized spacial score (nSPS) is 16.8. The Bertz CT molecular complexity index is 810. The number of amides is 2. The van der Waals surface area contributed by atoms with E-state index >= 15 is 0 Å². The minimum absolute atomic E-state index is 0.0422. The van der Waals surface area contributed by atoms with E-state index in [9.17, 15) is 18.4 Å². The molecule has 0 saturated carbocycles. The molecule has 0 radical (unpaired) electrons. The van der Waals surface area contributed by atoms with Crippen LogP contribution in [0.3, 0.4) is 0 Å². The van der Waals surface area contributed by atoms with Gasteiger partial charge in [-0.25, -0.2) is 0 Å². The number of halogens is 2. The highest BCUT2D eigenvalue weighted by Gasteiger charge is 2.34. The van der Waals surface area contributed by atoms with Crippen LogP contribution in [0.25, 0.3) is 0 Å². The highest BCUT2D eigenvalue weighted by molar-refractivity contribution is 7.99. The molecule has 1 aliphatic heterocycles. The second kappa shape index (κ2) is 8.52. The van der Waals surface area contributed by atoms with Crippen molar-refractivity contribution < 1.29 is 18.4 Å². The Morgan fingerprint density at radius 2 is 1.85 bits per heavy atom. The second-order valence-corrected chi connectivity index (χ2v) is 7.62. The Hall–Kier alpha value is -2.41. The van der Waals surface area contributed by atoms with Crippen molar-refractivity contribution in [3.05, 3.63) is 59.7 Å². The van der Waals surface area contributed by atoms with E-state index in [1.54, 1.807) is 17.0 Å². The quantitative estimate of drug-likeness (QED) is 0.749. The molecule has 4 nitrogen and oxygen atoms in total. The van der Waals surface area contributed by atoms with Crippen LogP contribution < -0.4 is 5.32 Å². The molecule has 2 amide bonds. The van der Waals surface area contributed by atoms with Crippen LogP contribution in [0.4, 0.5) is 14.5 Å². The minimum atomic E-state index is -2.48. The fraction of sp³-hybridized carbons (Fsp3) is 0.300. The van der Waals surface area contributed by atoms with Crippen LogP contribution in [0.5, 0.6) is 0 Å². The fourth-order valence-corrected chi connectivity index (χ4v) is 3.48. The van der Waals surface area contributed by atoms with E-state index in [4.69, 9.17) is 0 Å². The van der Waals surface area contributed by atoms with E-state index in [2.05, 4.69) is 5.32 Å². The molecule has 0 bridgehead atoms. The van der Waals surface area contributed by atoms with Crippen LogP contribution in [0.2, 0.25) is 0 Å². The number of benzene rings is 2. The average Bonchev–Trinajstić information content (AvgIpc) is 2.99. The predicted octanol–water partition coefficient (Wildman–Crippen LogP) is 4.30. The summed E-state index contributed by atoms with van der Waals surface area (Å²) in [6, 6.07) is 14.2. The molecule has 1 aliphatic rings. The molecule has 1 N–H and O–H groups in total.